The van der Waals surface area contributed by atoms with Gasteiger partial charge in [-0.25, -0.2) is 4.98 Å². The summed E-state index contributed by atoms with van der Waals surface area (Å²) in [6.45, 7) is 0. The quantitative estimate of drug-likeness (QED) is 0.404. The van der Waals surface area contributed by atoms with Crippen molar-refractivity contribution >= 4 is 61.8 Å². The Bertz CT molecular complexity index is 1210. The molecule has 0 amide bonds. The number of H-pyrrole nitrogens is 1. The Morgan fingerprint density at radius 1 is 1.04 bits per heavy atom. The molecule has 0 saturated carbocycles. The van der Waals surface area contributed by atoms with Gasteiger partial charge in [-0.2, -0.15) is 4.98 Å². The molecule has 0 saturated heterocycles. The molecule has 5 nitrogen and oxygen atoms in total. The molecule has 4 aromatic rings. The zero-order chi connectivity index (χ0) is 19.0. The summed E-state index contributed by atoms with van der Waals surface area (Å²) in [4.78, 5) is 24.2. The lowest BCUT2D eigenvalue weighted by Crippen LogP contribution is -2.13. The van der Waals surface area contributed by atoms with E-state index in [0.29, 0.717) is 26.8 Å². The number of aromatic amines is 1. The molecule has 134 valence electrons. The molecule has 0 atom stereocenters. The largest absolute Gasteiger partial charge is 0.324 e. The lowest BCUT2D eigenvalue weighted by atomic mass is 10.0. The predicted molar refractivity (Wildman–Crippen MR) is 113 cm³/mol. The molecule has 0 fully saturated rings. The smallest absolute Gasteiger partial charge is 0.262 e. The zero-order valence-corrected chi connectivity index (χ0v) is 16.7. The SMILES string of the molecule is O=c1[nH]c(Nc2ccc(Cl)cc2Cl)nc2nccc(-c3ccc(Br)cc3)c12. The molecular formula is C19H11BrCl2N4O. The van der Waals surface area contributed by atoms with Crippen molar-refractivity contribution in [2.45, 2.75) is 0 Å². The van der Waals surface area contributed by atoms with Gasteiger partial charge in [0, 0.05) is 15.7 Å². The average molecular weight is 462 g/mol. The second-order valence-corrected chi connectivity index (χ2v) is 7.49. The van der Waals surface area contributed by atoms with Crippen molar-refractivity contribution in [2.24, 2.45) is 0 Å². The monoisotopic (exact) mass is 460 g/mol. The van der Waals surface area contributed by atoms with Gasteiger partial charge in [-0.05, 0) is 47.5 Å². The van der Waals surface area contributed by atoms with E-state index in [1.165, 1.54) is 0 Å². The molecule has 0 spiro atoms. The molecule has 0 aliphatic heterocycles. The minimum atomic E-state index is -0.293. The highest BCUT2D eigenvalue weighted by atomic mass is 79.9. The van der Waals surface area contributed by atoms with Gasteiger partial charge in [-0.1, -0.05) is 51.3 Å². The summed E-state index contributed by atoms with van der Waals surface area (Å²) in [5, 5.41) is 4.36. The summed E-state index contributed by atoms with van der Waals surface area (Å²) in [5.74, 6) is 0.247. The highest BCUT2D eigenvalue weighted by Crippen LogP contribution is 2.29. The number of hydrogen-bond donors (Lipinski definition) is 2. The lowest BCUT2D eigenvalue weighted by molar-refractivity contribution is 1.14. The maximum atomic E-state index is 12.8. The molecule has 2 aromatic heterocycles. The number of nitrogens with one attached hydrogen (secondary N) is 2. The topological polar surface area (TPSA) is 70.7 Å². The number of hydrogen-bond acceptors (Lipinski definition) is 4. The Balaban J connectivity index is 1.81. The number of nitrogens with zero attached hydrogens (tertiary/aromatic N) is 2. The van der Waals surface area contributed by atoms with E-state index >= 15 is 0 Å². The van der Waals surface area contributed by atoms with Crippen molar-refractivity contribution in [3.8, 4) is 11.1 Å². The van der Waals surface area contributed by atoms with Crippen LogP contribution in [0, 0.1) is 0 Å². The van der Waals surface area contributed by atoms with Crippen LogP contribution in [0.2, 0.25) is 10.0 Å². The molecule has 4 rings (SSSR count). The zero-order valence-electron chi connectivity index (χ0n) is 13.6. The van der Waals surface area contributed by atoms with E-state index in [2.05, 4.69) is 36.2 Å². The van der Waals surface area contributed by atoms with Gasteiger partial charge in [-0.15, -0.1) is 0 Å². The summed E-state index contributed by atoms with van der Waals surface area (Å²) in [7, 11) is 0. The number of halogens is 3. The third kappa shape index (κ3) is 3.69. The van der Waals surface area contributed by atoms with Gasteiger partial charge >= 0.3 is 0 Å². The number of fused-ring (bicyclic) bond motifs is 1. The maximum absolute atomic E-state index is 12.8. The number of rotatable bonds is 3. The van der Waals surface area contributed by atoms with Crippen molar-refractivity contribution < 1.29 is 0 Å². The minimum absolute atomic E-state index is 0.247. The summed E-state index contributed by atoms with van der Waals surface area (Å²) in [6, 6.07) is 14.5. The molecule has 0 aliphatic rings. The van der Waals surface area contributed by atoms with E-state index in [1.807, 2.05) is 24.3 Å². The third-order valence-electron chi connectivity index (χ3n) is 3.95. The molecule has 2 aromatic carbocycles. The van der Waals surface area contributed by atoms with Crippen LogP contribution in [0.25, 0.3) is 22.2 Å². The fraction of sp³-hybridized carbons (Fsp3) is 0. The second kappa shape index (κ2) is 7.31. The van der Waals surface area contributed by atoms with Crippen molar-refractivity contribution in [1.82, 2.24) is 15.0 Å². The van der Waals surface area contributed by atoms with Gasteiger partial charge < -0.3 is 5.32 Å². The first-order valence-electron chi connectivity index (χ1n) is 7.88. The van der Waals surface area contributed by atoms with Crippen LogP contribution >= 0.6 is 39.1 Å². The van der Waals surface area contributed by atoms with Crippen LogP contribution in [0.5, 0.6) is 0 Å². The second-order valence-electron chi connectivity index (χ2n) is 5.73. The Hall–Kier alpha value is -2.41. The lowest BCUT2D eigenvalue weighted by Gasteiger charge is -2.10. The molecule has 2 N–H and O–H groups in total. The Morgan fingerprint density at radius 2 is 1.81 bits per heavy atom. The van der Waals surface area contributed by atoms with E-state index in [9.17, 15) is 4.79 Å². The van der Waals surface area contributed by atoms with Crippen molar-refractivity contribution in [2.75, 3.05) is 5.32 Å². The first kappa shape index (κ1) is 18.0. The number of anilines is 2. The van der Waals surface area contributed by atoms with Gasteiger partial charge in [0.15, 0.2) is 5.65 Å². The van der Waals surface area contributed by atoms with Gasteiger partial charge in [0.2, 0.25) is 5.95 Å². The molecule has 0 bridgehead atoms. The van der Waals surface area contributed by atoms with Crippen LogP contribution in [0.1, 0.15) is 0 Å². The average Bonchev–Trinajstić information content (AvgIpc) is 2.64. The molecule has 2 heterocycles. The fourth-order valence-electron chi connectivity index (χ4n) is 2.71. The molecular weight excluding hydrogens is 451 g/mol. The van der Waals surface area contributed by atoms with Crippen LogP contribution in [0.3, 0.4) is 0 Å². The predicted octanol–water partition coefficient (Wildman–Crippen LogP) is 5.80. The highest BCUT2D eigenvalue weighted by molar-refractivity contribution is 9.10. The maximum Gasteiger partial charge on any atom is 0.262 e. The van der Waals surface area contributed by atoms with Crippen LogP contribution in [-0.4, -0.2) is 15.0 Å². The van der Waals surface area contributed by atoms with Crippen LogP contribution in [0.4, 0.5) is 11.6 Å². The molecule has 0 radical (unpaired) electrons. The summed E-state index contributed by atoms with van der Waals surface area (Å²) in [5.41, 5.74) is 2.29. The third-order valence-corrected chi connectivity index (χ3v) is 5.02. The summed E-state index contributed by atoms with van der Waals surface area (Å²) < 4.78 is 0.961. The van der Waals surface area contributed by atoms with E-state index in [4.69, 9.17) is 23.2 Å². The number of aromatic nitrogens is 3. The fourth-order valence-corrected chi connectivity index (χ4v) is 3.43. The molecule has 0 aliphatic carbocycles. The normalized spacial score (nSPS) is 10.9. The van der Waals surface area contributed by atoms with Crippen molar-refractivity contribution in [1.29, 1.82) is 0 Å². The summed E-state index contributed by atoms with van der Waals surface area (Å²) in [6.07, 6.45) is 1.63. The van der Waals surface area contributed by atoms with Crippen LogP contribution in [0.15, 0.2) is 64.0 Å². The highest BCUT2D eigenvalue weighted by Gasteiger charge is 2.12. The Kier molecular flexibility index (Phi) is 4.86. The van der Waals surface area contributed by atoms with Gasteiger partial charge in [0.25, 0.3) is 5.56 Å². The van der Waals surface area contributed by atoms with E-state index in [0.717, 1.165) is 15.6 Å². The van der Waals surface area contributed by atoms with Crippen molar-refractivity contribution in [3.63, 3.8) is 0 Å². The van der Waals surface area contributed by atoms with Gasteiger partial charge in [0.1, 0.15) is 0 Å². The van der Waals surface area contributed by atoms with Crippen molar-refractivity contribution in [3.05, 3.63) is 79.6 Å². The summed E-state index contributed by atoms with van der Waals surface area (Å²) >= 11 is 15.5. The first-order chi connectivity index (χ1) is 13.0. The van der Waals surface area contributed by atoms with Gasteiger partial charge in [0.05, 0.1) is 16.1 Å². The van der Waals surface area contributed by atoms with Crippen LogP contribution < -0.4 is 10.9 Å². The molecule has 27 heavy (non-hydrogen) atoms. The van der Waals surface area contributed by atoms with Crippen LogP contribution in [-0.2, 0) is 0 Å². The first-order valence-corrected chi connectivity index (χ1v) is 9.43. The van der Waals surface area contributed by atoms with Gasteiger partial charge in [-0.3, -0.25) is 9.78 Å². The standard InChI is InChI=1S/C19H11BrCl2N4O/c20-11-3-1-10(2-4-11)13-7-8-23-17-16(13)18(27)26-19(25-17)24-15-6-5-12(21)9-14(15)22/h1-9H,(H2,23,24,25,26,27). The molecule has 8 heteroatoms. The molecule has 0 unspecified atom stereocenters. The number of pyridine rings is 1. The van der Waals surface area contributed by atoms with E-state index in [-0.39, 0.29) is 11.5 Å². The Labute approximate surface area is 172 Å². The van der Waals surface area contributed by atoms with E-state index < -0.39 is 0 Å². The number of benzene rings is 2. The van der Waals surface area contributed by atoms with E-state index in [1.54, 1.807) is 30.5 Å². The Morgan fingerprint density at radius 3 is 2.56 bits per heavy atom. The minimum Gasteiger partial charge on any atom is -0.324 e.